The van der Waals surface area contributed by atoms with Crippen LogP contribution in [0.5, 0.6) is 0 Å². The fourth-order valence-corrected chi connectivity index (χ4v) is 2.54. The molecule has 0 spiro atoms. The van der Waals surface area contributed by atoms with Crippen LogP contribution in [0, 0.1) is 6.92 Å². The van der Waals surface area contributed by atoms with Crippen molar-refractivity contribution in [3.05, 3.63) is 54.0 Å². The van der Waals surface area contributed by atoms with E-state index in [0.29, 0.717) is 18.7 Å². The second-order valence-electron chi connectivity index (χ2n) is 5.16. The molecule has 0 bridgehead atoms. The van der Waals surface area contributed by atoms with Crippen molar-refractivity contribution in [1.82, 2.24) is 14.9 Å². The Hall–Kier alpha value is -2.43. The molecule has 0 saturated carbocycles. The quantitative estimate of drug-likeness (QED) is 0.842. The Labute approximate surface area is 124 Å². The maximum Gasteiger partial charge on any atom is 0.255 e. The van der Waals surface area contributed by atoms with Crippen LogP contribution in [0.25, 0.3) is 0 Å². The predicted octanol–water partition coefficient (Wildman–Crippen LogP) is 1.75. The van der Waals surface area contributed by atoms with Crippen LogP contribution in [-0.4, -0.2) is 47.0 Å². The summed E-state index contributed by atoms with van der Waals surface area (Å²) in [6.45, 7) is 4.98. The van der Waals surface area contributed by atoms with Crippen LogP contribution >= 0.6 is 0 Å². The van der Waals surface area contributed by atoms with Gasteiger partial charge in [0.05, 0.1) is 5.56 Å². The van der Waals surface area contributed by atoms with Crippen LogP contribution in [-0.2, 0) is 0 Å². The van der Waals surface area contributed by atoms with Crippen molar-refractivity contribution < 1.29 is 4.79 Å². The summed E-state index contributed by atoms with van der Waals surface area (Å²) in [5.41, 5.74) is 1.67. The first-order valence-electron chi connectivity index (χ1n) is 7.11. The van der Waals surface area contributed by atoms with Gasteiger partial charge in [-0.15, -0.1) is 0 Å². The van der Waals surface area contributed by atoms with Crippen LogP contribution in [0.1, 0.15) is 15.9 Å². The van der Waals surface area contributed by atoms with Crippen LogP contribution in [0.15, 0.2) is 42.9 Å². The Morgan fingerprint density at radius 1 is 1.10 bits per heavy atom. The lowest BCUT2D eigenvalue weighted by Gasteiger charge is -2.35. The van der Waals surface area contributed by atoms with Crippen molar-refractivity contribution in [3.63, 3.8) is 0 Å². The van der Waals surface area contributed by atoms with Crippen LogP contribution < -0.4 is 4.90 Å². The zero-order valence-corrected chi connectivity index (χ0v) is 12.1. The third kappa shape index (κ3) is 2.86. The number of aromatic nitrogens is 2. The van der Waals surface area contributed by atoms with Crippen molar-refractivity contribution in [2.75, 3.05) is 31.1 Å². The lowest BCUT2D eigenvalue weighted by Crippen LogP contribution is -2.49. The van der Waals surface area contributed by atoms with E-state index in [4.69, 9.17) is 0 Å². The monoisotopic (exact) mass is 282 g/mol. The van der Waals surface area contributed by atoms with Gasteiger partial charge in [-0.05, 0) is 30.7 Å². The summed E-state index contributed by atoms with van der Waals surface area (Å²) < 4.78 is 0. The summed E-state index contributed by atoms with van der Waals surface area (Å²) in [6.07, 6.45) is 5.17. The highest BCUT2D eigenvalue weighted by Crippen LogP contribution is 2.15. The van der Waals surface area contributed by atoms with Crippen molar-refractivity contribution >= 4 is 11.7 Å². The molecule has 1 aliphatic heterocycles. The molecule has 0 unspecified atom stereocenters. The number of amides is 1. The number of hydrogen-bond donors (Lipinski definition) is 0. The number of anilines is 1. The predicted molar refractivity (Wildman–Crippen MR) is 81.3 cm³/mol. The first kappa shape index (κ1) is 13.5. The van der Waals surface area contributed by atoms with Gasteiger partial charge in [-0.25, -0.2) is 4.98 Å². The molecular weight excluding hydrogens is 264 g/mol. The van der Waals surface area contributed by atoms with Crippen LogP contribution in [0.2, 0.25) is 0 Å². The van der Waals surface area contributed by atoms with E-state index in [0.717, 1.165) is 24.5 Å². The molecule has 0 aliphatic carbocycles. The van der Waals surface area contributed by atoms with E-state index < -0.39 is 0 Å². The van der Waals surface area contributed by atoms with E-state index in [1.165, 1.54) is 0 Å². The van der Waals surface area contributed by atoms with Gasteiger partial charge >= 0.3 is 0 Å². The summed E-state index contributed by atoms with van der Waals surface area (Å²) in [5.74, 6) is 1.04. The molecule has 1 amide bonds. The summed E-state index contributed by atoms with van der Waals surface area (Å²) in [6, 6.07) is 7.77. The van der Waals surface area contributed by atoms with Crippen molar-refractivity contribution in [3.8, 4) is 0 Å². The molecule has 108 valence electrons. The molecule has 1 aliphatic rings. The van der Waals surface area contributed by atoms with Crippen molar-refractivity contribution in [2.24, 2.45) is 0 Å². The zero-order valence-electron chi connectivity index (χ0n) is 12.1. The fraction of sp³-hybridized carbons (Fsp3) is 0.312. The van der Waals surface area contributed by atoms with E-state index in [1.54, 1.807) is 18.6 Å². The SMILES string of the molecule is Cc1ccncc1C(=O)N1CCN(c2ccccn2)CC1. The third-order valence-corrected chi connectivity index (χ3v) is 3.81. The highest BCUT2D eigenvalue weighted by molar-refractivity contribution is 5.95. The van der Waals surface area contributed by atoms with Crippen molar-refractivity contribution in [2.45, 2.75) is 6.92 Å². The molecule has 1 fully saturated rings. The Bertz CT molecular complexity index is 621. The van der Waals surface area contributed by atoms with E-state index in [9.17, 15) is 4.79 Å². The van der Waals surface area contributed by atoms with Gasteiger partial charge in [0, 0.05) is 44.8 Å². The molecule has 3 heterocycles. The lowest BCUT2D eigenvalue weighted by atomic mass is 10.1. The van der Waals surface area contributed by atoms with Crippen LogP contribution in [0.3, 0.4) is 0 Å². The summed E-state index contributed by atoms with van der Waals surface area (Å²) >= 11 is 0. The van der Waals surface area contributed by atoms with Gasteiger partial charge in [0.15, 0.2) is 0 Å². The molecule has 1 saturated heterocycles. The van der Waals surface area contributed by atoms with Gasteiger partial charge in [0.2, 0.25) is 0 Å². The normalized spacial score (nSPS) is 15.1. The number of rotatable bonds is 2. The average molecular weight is 282 g/mol. The Kier molecular flexibility index (Phi) is 3.81. The van der Waals surface area contributed by atoms with E-state index >= 15 is 0 Å². The minimum Gasteiger partial charge on any atom is -0.353 e. The second kappa shape index (κ2) is 5.91. The van der Waals surface area contributed by atoms with Crippen molar-refractivity contribution in [1.29, 1.82) is 0 Å². The van der Waals surface area contributed by atoms with E-state index in [2.05, 4.69) is 14.9 Å². The molecule has 0 radical (unpaired) electrons. The number of hydrogen-bond acceptors (Lipinski definition) is 4. The number of piperazine rings is 1. The van der Waals surface area contributed by atoms with Gasteiger partial charge in [0.1, 0.15) is 5.82 Å². The first-order valence-corrected chi connectivity index (χ1v) is 7.11. The lowest BCUT2D eigenvalue weighted by molar-refractivity contribution is 0.0745. The average Bonchev–Trinajstić information content (AvgIpc) is 2.56. The molecule has 0 aromatic carbocycles. The van der Waals surface area contributed by atoms with Gasteiger partial charge in [-0.3, -0.25) is 9.78 Å². The molecule has 2 aromatic rings. The number of carbonyl (C=O) groups is 1. The van der Waals surface area contributed by atoms with Gasteiger partial charge < -0.3 is 9.80 Å². The zero-order chi connectivity index (χ0) is 14.7. The molecule has 5 nitrogen and oxygen atoms in total. The fourth-order valence-electron chi connectivity index (χ4n) is 2.54. The number of aryl methyl sites for hydroxylation is 1. The Morgan fingerprint density at radius 3 is 2.57 bits per heavy atom. The summed E-state index contributed by atoms with van der Waals surface area (Å²) in [7, 11) is 0. The number of nitrogens with zero attached hydrogens (tertiary/aromatic N) is 4. The molecule has 3 rings (SSSR count). The summed E-state index contributed by atoms with van der Waals surface area (Å²) in [4.78, 5) is 25.0. The van der Waals surface area contributed by atoms with Crippen LogP contribution in [0.4, 0.5) is 5.82 Å². The molecule has 0 atom stereocenters. The second-order valence-corrected chi connectivity index (χ2v) is 5.16. The maximum atomic E-state index is 12.5. The number of pyridine rings is 2. The van der Waals surface area contributed by atoms with E-state index in [-0.39, 0.29) is 5.91 Å². The maximum absolute atomic E-state index is 12.5. The third-order valence-electron chi connectivity index (χ3n) is 3.81. The minimum atomic E-state index is 0.0706. The molecular formula is C16H18N4O. The Balaban J connectivity index is 1.66. The molecule has 5 heteroatoms. The largest absolute Gasteiger partial charge is 0.353 e. The number of carbonyl (C=O) groups excluding carboxylic acids is 1. The topological polar surface area (TPSA) is 49.3 Å². The molecule has 2 aromatic heterocycles. The van der Waals surface area contributed by atoms with Gasteiger partial charge in [0.25, 0.3) is 5.91 Å². The van der Waals surface area contributed by atoms with Gasteiger partial charge in [-0.1, -0.05) is 6.07 Å². The highest BCUT2D eigenvalue weighted by Gasteiger charge is 2.23. The van der Waals surface area contributed by atoms with E-state index in [1.807, 2.05) is 36.1 Å². The standard InChI is InChI=1S/C16H18N4O/c1-13-5-7-17-12-14(13)16(21)20-10-8-19(9-11-20)15-4-2-3-6-18-15/h2-7,12H,8-11H2,1H3. The minimum absolute atomic E-state index is 0.0706. The smallest absolute Gasteiger partial charge is 0.255 e. The first-order chi connectivity index (χ1) is 10.3. The molecule has 21 heavy (non-hydrogen) atoms. The Morgan fingerprint density at radius 2 is 1.90 bits per heavy atom. The van der Waals surface area contributed by atoms with Gasteiger partial charge in [-0.2, -0.15) is 0 Å². The highest BCUT2D eigenvalue weighted by atomic mass is 16.2. The summed E-state index contributed by atoms with van der Waals surface area (Å²) in [5, 5.41) is 0. The molecule has 0 N–H and O–H groups in total.